The number of H-pyrrole nitrogens is 1. The predicted molar refractivity (Wildman–Crippen MR) is 85.9 cm³/mol. The van der Waals surface area contributed by atoms with E-state index in [0.717, 1.165) is 28.8 Å². The Labute approximate surface area is 131 Å². The molecule has 4 bridgehead atoms. The maximum atomic E-state index is 5.65. The standard InChI is InChI=1S/C18H24N2S/c21-16-14-3-1-2-4-15(14)19-17(20-16)18-8-11-5-12(9-18)7-13(6-11)10-18/h11-13H,1-10H2,(H,19,20,21). The Bertz CT molecular complexity index is 610. The van der Waals surface area contributed by atoms with Crippen molar-refractivity contribution in [3.05, 3.63) is 21.7 Å². The Morgan fingerprint density at radius 2 is 1.57 bits per heavy atom. The van der Waals surface area contributed by atoms with Gasteiger partial charge in [-0.25, -0.2) is 4.98 Å². The predicted octanol–water partition coefficient (Wildman–Crippen LogP) is 4.49. The van der Waals surface area contributed by atoms with E-state index in [9.17, 15) is 0 Å². The summed E-state index contributed by atoms with van der Waals surface area (Å²) in [5, 5.41) is 0. The average Bonchev–Trinajstić information content (AvgIpc) is 2.46. The van der Waals surface area contributed by atoms with Crippen LogP contribution in [-0.2, 0) is 18.3 Å². The molecule has 3 heteroatoms. The first-order valence-electron chi connectivity index (χ1n) is 8.84. The average molecular weight is 300 g/mol. The molecule has 5 aliphatic carbocycles. The van der Waals surface area contributed by atoms with Gasteiger partial charge in [-0.1, -0.05) is 12.2 Å². The third-order valence-corrected chi connectivity index (χ3v) is 7.09. The van der Waals surface area contributed by atoms with E-state index in [1.165, 1.54) is 74.9 Å². The van der Waals surface area contributed by atoms with E-state index in [1.54, 1.807) is 0 Å². The second-order valence-electron chi connectivity index (χ2n) is 8.25. The van der Waals surface area contributed by atoms with Gasteiger partial charge in [0.2, 0.25) is 0 Å². The van der Waals surface area contributed by atoms with Crippen LogP contribution in [0.4, 0.5) is 0 Å². The molecule has 1 aromatic rings. The Kier molecular flexibility index (Phi) is 2.69. The van der Waals surface area contributed by atoms with E-state index in [0.29, 0.717) is 5.41 Å². The molecule has 1 aromatic heterocycles. The van der Waals surface area contributed by atoms with Crippen LogP contribution >= 0.6 is 12.2 Å². The first-order valence-corrected chi connectivity index (χ1v) is 9.25. The highest BCUT2D eigenvalue weighted by Gasteiger charge is 2.53. The molecule has 0 aliphatic heterocycles. The molecule has 0 unspecified atom stereocenters. The van der Waals surface area contributed by atoms with E-state index >= 15 is 0 Å². The number of aromatic nitrogens is 2. The lowest BCUT2D eigenvalue weighted by atomic mass is 9.49. The number of rotatable bonds is 1. The monoisotopic (exact) mass is 300 g/mol. The minimum absolute atomic E-state index is 0.356. The third-order valence-electron chi connectivity index (χ3n) is 6.75. The fourth-order valence-corrected chi connectivity index (χ4v) is 6.59. The minimum Gasteiger partial charge on any atom is -0.346 e. The lowest BCUT2D eigenvalue weighted by Crippen LogP contribution is -2.49. The van der Waals surface area contributed by atoms with Gasteiger partial charge in [0.05, 0.1) is 0 Å². The van der Waals surface area contributed by atoms with Crippen molar-refractivity contribution in [2.45, 2.75) is 69.6 Å². The SMILES string of the molecule is S=c1nc(C23CC4CC(CC(C4)C2)C3)[nH]c2c1CCCC2. The molecule has 1 heterocycles. The summed E-state index contributed by atoms with van der Waals surface area (Å²) in [7, 11) is 0. The van der Waals surface area contributed by atoms with Crippen LogP contribution < -0.4 is 0 Å². The summed E-state index contributed by atoms with van der Waals surface area (Å²) in [6.45, 7) is 0. The van der Waals surface area contributed by atoms with Gasteiger partial charge in [-0.2, -0.15) is 0 Å². The van der Waals surface area contributed by atoms with Gasteiger partial charge in [0.25, 0.3) is 0 Å². The zero-order chi connectivity index (χ0) is 14.0. The Hall–Kier alpha value is -0.700. The zero-order valence-corrected chi connectivity index (χ0v) is 13.5. The summed E-state index contributed by atoms with van der Waals surface area (Å²) in [6.07, 6.45) is 13.5. The van der Waals surface area contributed by atoms with E-state index < -0.39 is 0 Å². The van der Waals surface area contributed by atoms with Crippen LogP contribution in [0.15, 0.2) is 0 Å². The highest BCUT2D eigenvalue weighted by molar-refractivity contribution is 7.71. The third kappa shape index (κ3) is 1.89. The number of hydrogen-bond donors (Lipinski definition) is 1. The van der Waals surface area contributed by atoms with Gasteiger partial charge in [0, 0.05) is 16.7 Å². The van der Waals surface area contributed by atoms with Gasteiger partial charge in [0.1, 0.15) is 10.5 Å². The van der Waals surface area contributed by atoms with Crippen molar-refractivity contribution in [1.82, 2.24) is 9.97 Å². The summed E-state index contributed by atoms with van der Waals surface area (Å²) in [6, 6.07) is 0. The fourth-order valence-electron chi connectivity index (χ4n) is 6.27. The molecular formula is C18H24N2S. The second-order valence-corrected chi connectivity index (χ2v) is 8.64. The molecule has 2 nitrogen and oxygen atoms in total. The molecule has 0 atom stereocenters. The van der Waals surface area contributed by atoms with E-state index in [1.807, 2.05) is 0 Å². The number of fused-ring (bicyclic) bond motifs is 1. The quantitative estimate of drug-likeness (QED) is 0.774. The van der Waals surface area contributed by atoms with Crippen molar-refractivity contribution >= 4 is 12.2 Å². The van der Waals surface area contributed by atoms with Gasteiger partial charge in [-0.05, 0) is 82.0 Å². The molecule has 0 aromatic carbocycles. The summed E-state index contributed by atoms with van der Waals surface area (Å²) in [5.41, 5.74) is 3.13. The van der Waals surface area contributed by atoms with Gasteiger partial charge < -0.3 is 4.98 Å². The Morgan fingerprint density at radius 3 is 2.24 bits per heavy atom. The van der Waals surface area contributed by atoms with E-state index in [2.05, 4.69) is 4.98 Å². The molecule has 4 saturated carbocycles. The maximum Gasteiger partial charge on any atom is 0.133 e. The molecule has 1 N–H and O–H groups in total. The smallest absolute Gasteiger partial charge is 0.133 e. The zero-order valence-electron chi connectivity index (χ0n) is 12.7. The van der Waals surface area contributed by atoms with Crippen LogP contribution in [0.5, 0.6) is 0 Å². The summed E-state index contributed by atoms with van der Waals surface area (Å²) < 4.78 is 0.911. The highest BCUT2D eigenvalue weighted by Crippen LogP contribution is 2.60. The van der Waals surface area contributed by atoms with Crippen LogP contribution in [-0.4, -0.2) is 9.97 Å². The van der Waals surface area contributed by atoms with Gasteiger partial charge in [-0.3, -0.25) is 0 Å². The minimum atomic E-state index is 0.356. The number of nitrogens with zero attached hydrogens (tertiary/aromatic N) is 1. The summed E-state index contributed by atoms with van der Waals surface area (Å²) in [4.78, 5) is 8.72. The second kappa shape index (κ2) is 4.41. The first kappa shape index (κ1) is 12.8. The van der Waals surface area contributed by atoms with Crippen LogP contribution in [0.1, 0.15) is 68.4 Å². The van der Waals surface area contributed by atoms with Gasteiger partial charge in [-0.15, -0.1) is 0 Å². The summed E-state index contributed by atoms with van der Waals surface area (Å²) >= 11 is 5.65. The van der Waals surface area contributed by atoms with Crippen LogP contribution in [0.25, 0.3) is 0 Å². The molecule has 0 amide bonds. The first-order chi connectivity index (χ1) is 10.2. The topological polar surface area (TPSA) is 28.7 Å². The molecule has 0 spiro atoms. The highest BCUT2D eigenvalue weighted by atomic mass is 32.1. The van der Waals surface area contributed by atoms with Crippen molar-refractivity contribution in [2.24, 2.45) is 17.8 Å². The van der Waals surface area contributed by atoms with E-state index in [4.69, 9.17) is 17.2 Å². The van der Waals surface area contributed by atoms with Crippen molar-refractivity contribution in [3.8, 4) is 0 Å². The maximum absolute atomic E-state index is 5.65. The summed E-state index contributed by atoms with van der Waals surface area (Å²) in [5.74, 6) is 4.18. The molecule has 5 aliphatic rings. The number of hydrogen-bond acceptors (Lipinski definition) is 2. The van der Waals surface area contributed by atoms with Crippen molar-refractivity contribution in [3.63, 3.8) is 0 Å². The molecule has 4 fully saturated rings. The van der Waals surface area contributed by atoms with Gasteiger partial charge >= 0.3 is 0 Å². The van der Waals surface area contributed by atoms with Crippen LogP contribution in [0, 0.1) is 22.4 Å². The largest absolute Gasteiger partial charge is 0.346 e. The lowest BCUT2D eigenvalue weighted by molar-refractivity contribution is -0.00958. The molecule has 0 radical (unpaired) electrons. The molecule has 21 heavy (non-hydrogen) atoms. The molecule has 112 valence electrons. The fraction of sp³-hybridized carbons (Fsp3) is 0.778. The molecular weight excluding hydrogens is 276 g/mol. The molecule has 6 rings (SSSR count). The lowest BCUT2D eigenvalue weighted by Gasteiger charge is -2.56. The Balaban J connectivity index is 1.61. The number of nitrogens with one attached hydrogen (secondary N) is 1. The van der Waals surface area contributed by atoms with Crippen molar-refractivity contribution in [1.29, 1.82) is 0 Å². The van der Waals surface area contributed by atoms with Crippen LogP contribution in [0.3, 0.4) is 0 Å². The van der Waals surface area contributed by atoms with Crippen molar-refractivity contribution < 1.29 is 0 Å². The van der Waals surface area contributed by atoms with E-state index in [-0.39, 0.29) is 0 Å². The number of aryl methyl sites for hydroxylation is 1. The Morgan fingerprint density at radius 1 is 0.952 bits per heavy atom. The number of aromatic amines is 1. The van der Waals surface area contributed by atoms with Crippen molar-refractivity contribution in [2.75, 3.05) is 0 Å². The normalized spacial score (nSPS) is 40.3. The van der Waals surface area contributed by atoms with Crippen LogP contribution in [0.2, 0.25) is 0 Å². The molecule has 0 saturated heterocycles. The van der Waals surface area contributed by atoms with Gasteiger partial charge in [0.15, 0.2) is 0 Å².